The van der Waals surface area contributed by atoms with Crippen molar-refractivity contribution >= 4 is 5.97 Å². The Morgan fingerprint density at radius 3 is 1.52 bits per heavy atom. The van der Waals surface area contributed by atoms with Gasteiger partial charge in [-0.15, -0.1) is 0 Å². The molecule has 0 amide bonds. The highest BCUT2D eigenvalue weighted by Gasteiger charge is 2.49. The van der Waals surface area contributed by atoms with Crippen LogP contribution < -0.4 is 4.74 Å². The molecule has 8 nitrogen and oxygen atoms in total. The van der Waals surface area contributed by atoms with Crippen LogP contribution in [0.5, 0.6) is 5.75 Å². The molecule has 1 N–H and O–H groups in total. The number of rotatable bonds is 17. The fourth-order valence-electron chi connectivity index (χ4n) is 5.88. The summed E-state index contributed by atoms with van der Waals surface area (Å²) in [6.07, 6.45) is -3.67. The number of ether oxygens (including phenoxy) is 6. The number of hydrogen-bond donors (Lipinski definition) is 1. The van der Waals surface area contributed by atoms with Crippen LogP contribution in [0, 0.1) is 0 Å². The van der Waals surface area contributed by atoms with Gasteiger partial charge >= 0.3 is 5.97 Å². The van der Waals surface area contributed by atoms with Crippen molar-refractivity contribution < 1.29 is 38.3 Å². The molecule has 1 aliphatic rings. The Bertz CT molecular complexity index is 1720. The lowest BCUT2D eigenvalue weighted by molar-refractivity contribution is -0.310. The van der Waals surface area contributed by atoms with Crippen molar-refractivity contribution in [3.05, 3.63) is 173 Å². The minimum absolute atomic E-state index is 0.134. The van der Waals surface area contributed by atoms with Crippen LogP contribution in [-0.2, 0) is 61.3 Å². The molecule has 1 fully saturated rings. The zero-order chi connectivity index (χ0) is 34.4. The highest BCUT2D eigenvalue weighted by molar-refractivity contribution is 5.70. The SMILES string of the molecule is O=C(O)Cc1cccc(O[C@H]2O[C@H](COCc3ccccc3)[C@@H](OCc3ccccc3)[C@H](OCc3ccccc3)[C@@H]2OCc2ccccc2)c1. The molecule has 0 unspecified atom stereocenters. The van der Waals surface area contributed by atoms with Crippen molar-refractivity contribution in [3.8, 4) is 5.75 Å². The van der Waals surface area contributed by atoms with Crippen LogP contribution >= 0.6 is 0 Å². The molecule has 1 aliphatic heterocycles. The molecule has 0 radical (unpaired) electrons. The summed E-state index contributed by atoms with van der Waals surface area (Å²) in [6, 6.07) is 46.8. The van der Waals surface area contributed by atoms with Gasteiger partial charge in [0.1, 0.15) is 30.2 Å². The number of aliphatic carboxylic acids is 1. The van der Waals surface area contributed by atoms with Gasteiger partial charge in [-0.3, -0.25) is 4.79 Å². The molecule has 0 aliphatic carbocycles. The third-order valence-electron chi connectivity index (χ3n) is 8.35. The predicted molar refractivity (Wildman–Crippen MR) is 188 cm³/mol. The maximum Gasteiger partial charge on any atom is 0.307 e. The summed E-state index contributed by atoms with van der Waals surface area (Å²) >= 11 is 0. The first-order valence-electron chi connectivity index (χ1n) is 16.8. The second-order valence-electron chi connectivity index (χ2n) is 12.2. The zero-order valence-electron chi connectivity index (χ0n) is 27.8. The third kappa shape index (κ3) is 10.3. The maximum absolute atomic E-state index is 11.5. The van der Waals surface area contributed by atoms with Crippen LogP contribution in [0.2, 0.25) is 0 Å². The van der Waals surface area contributed by atoms with Crippen LogP contribution in [0.3, 0.4) is 0 Å². The quantitative estimate of drug-likeness (QED) is 0.109. The number of hydrogen-bond acceptors (Lipinski definition) is 7. The Kier molecular flexibility index (Phi) is 12.8. The summed E-state index contributed by atoms with van der Waals surface area (Å²) in [5, 5.41) is 9.42. The van der Waals surface area contributed by atoms with E-state index in [2.05, 4.69) is 0 Å². The first-order chi connectivity index (χ1) is 24.6. The molecular weight excluding hydrogens is 632 g/mol. The second-order valence-corrected chi connectivity index (χ2v) is 12.2. The van der Waals surface area contributed by atoms with Crippen molar-refractivity contribution in [2.24, 2.45) is 0 Å². The largest absolute Gasteiger partial charge is 0.481 e. The van der Waals surface area contributed by atoms with Gasteiger partial charge in [0, 0.05) is 0 Å². The van der Waals surface area contributed by atoms with Gasteiger partial charge in [0.15, 0.2) is 0 Å². The van der Waals surface area contributed by atoms with Gasteiger partial charge in [-0.05, 0) is 39.9 Å². The molecule has 0 aromatic heterocycles. The molecule has 50 heavy (non-hydrogen) atoms. The van der Waals surface area contributed by atoms with Crippen molar-refractivity contribution in [1.29, 1.82) is 0 Å². The van der Waals surface area contributed by atoms with Crippen LogP contribution in [-0.4, -0.2) is 48.4 Å². The summed E-state index contributed by atoms with van der Waals surface area (Å²) in [5.74, 6) is -0.472. The Morgan fingerprint density at radius 2 is 1.00 bits per heavy atom. The second kappa shape index (κ2) is 18.2. The van der Waals surface area contributed by atoms with Gasteiger partial charge in [0.2, 0.25) is 6.29 Å². The van der Waals surface area contributed by atoms with Gasteiger partial charge < -0.3 is 33.5 Å². The standard InChI is InChI=1S/C42H42O8/c43-38(44)25-35-22-13-23-36(24-35)49-42-41(48-29-34-20-11-4-12-21-34)40(47-28-33-18-9-3-10-19-33)39(46-27-32-16-7-2-8-17-32)37(50-42)30-45-26-31-14-5-1-6-15-31/h1-24,37,39-42H,25-30H2,(H,43,44)/t37-,39-,40+,41+,42+/m1/s1. The van der Waals surface area contributed by atoms with Crippen LogP contribution in [0.1, 0.15) is 27.8 Å². The molecule has 5 aromatic rings. The van der Waals surface area contributed by atoms with E-state index in [1.54, 1.807) is 24.3 Å². The molecule has 1 saturated heterocycles. The summed E-state index contributed by atoms with van der Waals surface area (Å²) in [5.41, 5.74) is 4.63. The molecule has 0 bridgehead atoms. The third-order valence-corrected chi connectivity index (χ3v) is 8.35. The Labute approximate surface area is 293 Å². The van der Waals surface area contributed by atoms with E-state index < -0.39 is 36.7 Å². The van der Waals surface area contributed by atoms with Crippen molar-refractivity contribution in [2.75, 3.05) is 6.61 Å². The van der Waals surface area contributed by atoms with Gasteiger partial charge in [-0.1, -0.05) is 133 Å². The van der Waals surface area contributed by atoms with E-state index in [4.69, 9.17) is 28.4 Å². The van der Waals surface area contributed by atoms with E-state index in [-0.39, 0.29) is 19.6 Å². The van der Waals surface area contributed by atoms with E-state index in [9.17, 15) is 9.90 Å². The zero-order valence-corrected chi connectivity index (χ0v) is 27.8. The van der Waals surface area contributed by atoms with Gasteiger partial charge in [-0.25, -0.2) is 0 Å². The highest BCUT2D eigenvalue weighted by atomic mass is 16.7. The average Bonchev–Trinajstić information content (AvgIpc) is 3.14. The number of carboxylic acid groups (broad SMARTS) is 1. The van der Waals surface area contributed by atoms with E-state index in [0.29, 0.717) is 31.1 Å². The number of carbonyl (C=O) groups is 1. The van der Waals surface area contributed by atoms with Crippen LogP contribution in [0.25, 0.3) is 0 Å². The molecule has 258 valence electrons. The lowest BCUT2D eigenvalue weighted by Crippen LogP contribution is -2.62. The molecule has 6 rings (SSSR count). The molecule has 8 heteroatoms. The monoisotopic (exact) mass is 674 g/mol. The topological polar surface area (TPSA) is 92.7 Å². The Morgan fingerprint density at radius 1 is 0.540 bits per heavy atom. The van der Waals surface area contributed by atoms with Gasteiger partial charge in [0.25, 0.3) is 0 Å². The predicted octanol–water partition coefficient (Wildman–Crippen LogP) is 7.39. The summed E-state index contributed by atoms with van der Waals surface area (Å²) in [6.45, 7) is 1.49. The van der Waals surface area contributed by atoms with Crippen LogP contribution in [0.4, 0.5) is 0 Å². The first-order valence-corrected chi connectivity index (χ1v) is 16.8. The number of carboxylic acids is 1. The van der Waals surface area contributed by atoms with Crippen molar-refractivity contribution in [1.82, 2.24) is 0 Å². The normalized spacial score (nSPS) is 20.3. The average molecular weight is 675 g/mol. The molecule has 0 saturated carbocycles. The van der Waals surface area contributed by atoms with Crippen molar-refractivity contribution in [2.45, 2.75) is 63.6 Å². The summed E-state index contributed by atoms with van der Waals surface area (Å²) < 4.78 is 39.7. The van der Waals surface area contributed by atoms with E-state index in [1.807, 2.05) is 121 Å². The van der Waals surface area contributed by atoms with E-state index in [0.717, 1.165) is 22.3 Å². The smallest absolute Gasteiger partial charge is 0.307 e. The molecule has 1 heterocycles. The van der Waals surface area contributed by atoms with Crippen LogP contribution in [0.15, 0.2) is 146 Å². The lowest BCUT2D eigenvalue weighted by Gasteiger charge is -2.45. The molecule has 5 atom stereocenters. The molecule has 0 spiro atoms. The summed E-state index contributed by atoms with van der Waals surface area (Å²) in [7, 11) is 0. The van der Waals surface area contributed by atoms with Crippen molar-refractivity contribution in [3.63, 3.8) is 0 Å². The minimum Gasteiger partial charge on any atom is -0.481 e. The number of benzene rings is 5. The molecular formula is C42H42O8. The summed E-state index contributed by atoms with van der Waals surface area (Å²) in [4.78, 5) is 11.5. The maximum atomic E-state index is 11.5. The Balaban J connectivity index is 1.33. The highest BCUT2D eigenvalue weighted by Crippen LogP contribution is 2.33. The first kappa shape index (κ1) is 35.0. The fourth-order valence-corrected chi connectivity index (χ4v) is 5.88. The Hall–Kier alpha value is -4.83. The van der Waals surface area contributed by atoms with Gasteiger partial charge in [0.05, 0.1) is 39.5 Å². The fraction of sp³-hybridized carbons (Fsp3) is 0.262. The minimum atomic E-state index is -0.943. The lowest BCUT2D eigenvalue weighted by atomic mass is 9.97. The van der Waals surface area contributed by atoms with E-state index in [1.165, 1.54) is 0 Å². The van der Waals surface area contributed by atoms with Gasteiger partial charge in [-0.2, -0.15) is 0 Å². The van der Waals surface area contributed by atoms with E-state index >= 15 is 0 Å². The molecule has 5 aromatic carbocycles.